The third-order valence-corrected chi connectivity index (χ3v) is 9.52. The minimum Gasteiger partial charge on any atom is -0.497 e. The number of methoxy groups -OCH3 is 2. The average Bonchev–Trinajstić information content (AvgIpc) is 3.00. The topological polar surface area (TPSA) is 18.5 Å². The first-order chi connectivity index (χ1) is 12.6. The van der Waals surface area contributed by atoms with E-state index in [0.29, 0.717) is 5.92 Å². The third kappa shape index (κ3) is 2.73. The maximum atomic E-state index is 5.94. The lowest BCUT2D eigenvalue weighted by Crippen LogP contribution is -2.32. The standard InChI is InChI=1S/C23H28O2S/c1-16-13-17(24-2)15-21-20(14-16)22(25-3)18-9-5-6-10-19(18)23(21)26(4)11-7-8-12-26/h5-6,9-10,13-16H,7-8,11-12H2,1-4H3/t16-/m1/s1. The lowest BCUT2D eigenvalue weighted by molar-refractivity contribution is 0.311. The van der Waals surface area contributed by atoms with Crippen molar-refractivity contribution in [3.63, 3.8) is 0 Å². The van der Waals surface area contributed by atoms with E-state index in [9.17, 15) is 0 Å². The zero-order chi connectivity index (χ0) is 18.3. The summed E-state index contributed by atoms with van der Waals surface area (Å²) in [6.07, 6.45) is 12.0. The molecule has 26 heavy (non-hydrogen) atoms. The Morgan fingerprint density at radius 2 is 1.62 bits per heavy atom. The second-order valence-electron chi connectivity index (χ2n) is 7.57. The van der Waals surface area contributed by atoms with Gasteiger partial charge in [-0.3, -0.25) is 0 Å². The number of rotatable bonds is 3. The summed E-state index contributed by atoms with van der Waals surface area (Å²) in [6, 6.07) is 8.77. The van der Waals surface area contributed by atoms with Gasteiger partial charge >= 0.3 is 0 Å². The van der Waals surface area contributed by atoms with Crippen LogP contribution in [0.2, 0.25) is 0 Å². The number of ether oxygens (including phenoxy) is 2. The van der Waals surface area contributed by atoms with Crippen LogP contribution in [0.4, 0.5) is 0 Å². The third-order valence-electron chi connectivity index (χ3n) is 5.71. The highest BCUT2D eigenvalue weighted by molar-refractivity contribution is 8.33. The molecule has 3 heteroatoms. The fraction of sp³-hybridized carbons (Fsp3) is 0.391. The zero-order valence-corrected chi connectivity index (χ0v) is 17.0. The van der Waals surface area contributed by atoms with Crippen LogP contribution in [0.1, 0.15) is 19.8 Å². The lowest BCUT2D eigenvalue weighted by Gasteiger charge is -2.33. The summed E-state index contributed by atoms with van der Waals surface area (Å²) in [5, 5.41) is 5.15. The molecule has 1 aliphatic carbocycles. The fourth-order valence-corrected chi connectivity index (χ4v) is 8.21. The van der Waals surface area contributed by atoms with Crippen molar-refractivity contribution in [1.82, 2.24) is 0 Å². The van der Waals surface area contributed by atoms with Gasteiger partial charge in [-0.1, -0.05) is 37.3 Å². The van der Waals surface area contributed by atoms with Gasteiger partial charge in [0.05, 0.1) is 14.2 Å². The van der Waals surface area contributed by atoms with Crippen molar-refractivity contribution in [2.45, 2.75) is 24.7 Å². The Labute approximate surface area is 157 Å². The van der Waals surface area contributed by atoms with Gasteiger partial charge in [0.15, 0.2) is 0 Å². The van der Waals surface area contributed by atoms with Gasteiger partial charge < -0.3 is 9.47 Å². The Morgan fingerprint density at radius 3 is 2.27 bits per heavy atom. The summed E-state index contributed by atoms with van der Waals surface area (Å²) in [4.78, 5) is 1.55. The van der Waals surface area contributed by atoms with Crippen LogP contribution in [0.5, 0.6) is 5.75 Å². The number of fused-ring (bicyclic) bond motifs is 2. The predicted octanol–water partition coefficient (Wildman–Crippen LogP) is 4.18. The predicted molar refractivity (Wildman–Crippen MR) is 114 cm³/mol. The molecule has 0 radical (unpaired) electrons. The highest BCUT2D eigenvalue weighted by atomic mass is 32.3. The van der Waals surface area contributed by atoms with Crippen molar-refractivity contribution in [3.05, 3.63) is 46.5 Å². The van der Waals surface area contributed by atoms with Gasteiger partial charge in [-0.25, -0.2) is 10.0 Å². The first kappa shape index (κ1) is 17.5. The molecule has 0 amide bonds. The number of allylic oxidation sites excluding steroid dienone is 2. The van der Waals surface area contributed by atoms with Crippen LogP contribution >= 0.6 is 10.0 Å². The van der Waals surface area contributed by atoms with Gasteiger partial charge in [-0.15, -0.1) is 0 Å². The molecule has 0 aromatic heterocycles. The first-order valence-corrected chi connectivity index (χ1v) is 11.8. The van der Waals surface area contributed by atoms with Crippen LogP contribution in [0.15, 0.2) is 41.0 Å². The molecule has 2 nitrogen and oxygen atoms in total. The first-order valence-electron chi connectivity index (χ1n) is 9.39. The molecule has 2 aliphatic rings. The largest absolute Gasteiger partial charge is 0.497 e. The summed E-state index contributed by atoms with van der Waals surface area (Å²) in [5.74, 6) is 4.90. The van der Waals surface area contributed by atoms with Crippen LogP contribution in [-0.2, 0) is 4.74 Å². The molecule has 1 saturated heterocycles. The van der Waals surface area contributed by atoms with Gasteiger partial charge in [0.1, 0.15) is 11.5 Å². The molecule has 2 aromatic rings. The second-order valence-corrected chi connectivity index (χ2v) is 11.3. The van der Waals surface area contributed by atoms with Crippen molar-refractivity contribution < 1.29 is 9.47 Å². The van der Waals surface area contributed by atoms with Crippen LogP contribution in [0, 0.1) is 5.92 Å². The van der Waals surface area contributed by atoms with Crippen molar-refractivity contribution >= 4 is 33.0 Å². The maximum absolute atomic E-state index is 5.94. The SMILES string of the molecule is COC1=C[C@@H](C)C=c2c(OC)c3ccccc3c(S3(C)CCCC3)c2=C1. The van der Waals surface area contributed by atoms with Crippen molar-refractivity contribution in [1.29, 1.82) is 0 Å². The summed E-state index contributed by atoms with van der Waals surface area (Å²) < 4.78 is 11.6. The van der Waals surface area contributed by atoms with Gasteiger partial charge in [0.2, 0.25) is 0 Å². The van der Waals surface area contributed by atoms with Crippen LogP contribution < -0.4 is 15.2 Å². The maximum Gasteiger partial charge on any atom is 0.134 e. The molecule has 1 heterocycles. The Balaban J connectivity index is 2.23. The number of benzene rings is 2. The smallest absolute Gasteiger partial charge is 0.134 e. The summed E-state index contributed by atoms with van der Waals surface area (Å²) >= 11 is 0. The quantitative estimate of drug-likeness (QED) is 0.809. The summed E-state index contributed by atoms with van der Waals surface area (Å²) in [5.41, 5.74) is 0. The molecule has 0 saturated carbocycles. The van der Waals surface area contributed by atoms with E-state index in [1.807, 2.05) is 0 Å². The van der Waals surface area contributed by atoms with E-state index in [4.69, 9.17) is 9.47 Å². The highest BCUT2D eigenvalue weighted by Crippen LogP contribution is 2.58. The minimum atomic E-state index is -0.830. The average molecular weight is 369 g/mol. The van der Waals surface area contributed by atoms with E-state index in [1.165, 1.54) is 45.6 Å². The Morgan fingerprint density at radius 1 is 0.923 bits per heavy atom. The second kappa shape index (κ2) is 6.70. The Hall–Kier alpha value is -1.87. The van der Waals surface area contributed by atoms with E-state index in [1.54, 1.807) is 19.1 Å². The highest BCUT2D eigenvalue weighted by Gasteiger charge is 2.30. The minimum absolute atomic E-state index is 0.303. The molecule has 1 fully saturated rings. The molecular weight excluding hydrogens is 340 g/mol. The number of hydrogen-bond donors (Lipinski definition) is 0. The molecular formula is C23H28O2S. The molecule has 4 rings (SSSR count). The van der Waals surface area contributed by atoms with Crippen LogP contribution in [0.25, 0.3) is 22.9 Å². The molecule has 1 atom stereocenters. The molecule has 2 aromatic carbocycles. The van der Waals surface area contributed by atoms with Gasteiger partial charge in [0.25, 0.3) is 0 Å². The van der Waals surface area contributed by atoms with Crippen molar-refractivity contribution in [2.75, 3.05) is 32.0 Å². The Kier molecular flexibility index (Phi) is 4.52. The monoisotopic (exact) mass is 368 g/mol. The number of hydrogen-bond acceptors (Lipinski definition) is 2. The van der Waals surface area contributed by atoms with E-state index in [-0.39, 0.29) is 0 Å². The normalized spacial score (nSPS) is 22.5. The Bertz CT molecular complexity index is 997. The van der Waals surface area contributed by atoms with Crippen molar-refractivity contribution in [3.8, 4) is 5.75 Å². The van der Waals surface area contributed by atoms with Crippen LogP contribution in [-0.4, -0.2) is 32.0 Å². The van der Waals surface area contributed by atoms with E-state index < -0.39 is 10.0 Å². The van der Waals surface area contributed by atoms with E-state index in [2.05, 4.69) is 55.7 Å². The van der Waals surface area contributed by atoms with Gasteiger partial charge in [0, 0.05) is 20.7 Å². The molecule has 0 bridgehead atoms. The molecule has 1 aliphatic heterocycles. The summed E-state index contributed by atoms with van der Waals surface area (Å²) in [7, 11) is 2.73. The van der Waals surface area contributed by atoms with E-state index >= 15 is 0 Å². The van der Waals surface area contributed by atoms with Gasteiger partial charge in [-0.2, -0.15) is 0 Å². The molecule has 0 N–H and O–H groups in total. The zero-order valence-electron chi connectivity index (χ0n) is 16.2. The van der Waals surface area contributed by atoms with Gasteiger partial charge in [-0.05, 0) is 54.1 Å². The molecule has 138 valence electrons. The fourth-order valence-electron chi connectivity index (χ4n) is 4.51. The molecule has 0 unspecified atom stereocenters. The molecule has 0 spiro atoms. The lowest BCUT2D eigenvalue weighted by atomic mass is 10.0. The summed E-state index contributed by atoms with van der Waals surface area (Å²) in [6.45, 7) is 2.21. The van der Waals surface area contributed by atoms with E-state index in [0.717, 1.165) is 11.5 Å². The van der Waals surface area contributed by atoms with Crippen LogP contribution in [0.3, 0.4) is 0 Å². The van der Waals surface area contributed by atoms with Crippen molar-refractivity contribution in [2.24, 2.45) is 5.92 Å².